The summed E-state index contributed by atoms with van der Waals surface area (Å²) >= 11 is 5.50. The SMILES string of the molecule is CC(C)Oc1ncccc1CNC(=O)CCNS(=O)(=O)c1ccc(Cl)c(C(F)(F)F)c1. The molecule has 31 heavy (non-hydrogen) atoms. The monoisotopic (exact) mass is 479 g/mol. The first-order valence-corrected chi connectivity index (χ1v) is 11.0. The maximum absolute atomic E-state index is 12.9. The maximum Gasteiger partial charge on any atom is 0.417 e. The predicted molar refractivity (Wildman–Crippen MR) is 108 cm³/mol. The third-order valence-electron chi connectivity index (χ3n) is 3.87. The molecular formula is C19H21ClF3N3O4S. The van der Waals surface area contributed by atoms with Gasteiger partial charge in [0, 0.05) is 31.3 Å². The lowest BCUT2D eigenvalue weighted by Gasteiger charge is -2.13. The molecule has 0 unspecified atom stereocenters. The van der Waals surface area contributed by atoms with Gasteiger partial charge >= 0.3 is 6.18 Å². The van der Waals surface area contributed by atoms with Crippen molar-refractivity contribution in [3.05, 3.63) is 52.7 Å². The van der Waals surface area contributed by atoms with Gasteiger partial charge in [0.15, 0.2) is 0 Å². The first-order chi connectivity index (χ1) is 14.4. The average Bonchev–Trinajstić information content (AvgIpc) is 2.66. The number of alkyl halides is 3. The van der Waals surface area contributed by atoms with Crippen molar-refractivity contribution in [2.45, 2.75) is 44.0 Å². The van der Waals surface area contributed by atoms with E-state index in [1.807, 2.05) is 13.8 Å². The Labute approximate surface area is 183 Å². The molecule has 12 heteroatoms. The lowest BCUT2D eigenvalue weighted by molar-refractivity contribution is -0.137. The Balaban J connectivity index is 1.93. The summed E-state index contributed by atoms with van der Waals surface area (Å²) in [6, 6.07) is 5.68. The summed E-state index contributed by atoms with van der Waals surface area (Å²) in [4.78, 5) is 15.5. The standard InChI is InChI=1S/C19H21ClF3N3O4S/c1-12(2)30-18-13(4-3-8-24-18)11-25-17(27)7-9-26-31(28,29)14-5-6-16(20)15(10-14)19(21,22)23/h3-6,8,10,12,26H,7,9,11H2,1-2H3,(H,25,27). The Morgan fingerprint density at radius 3 is 2.61 bits per heavy atom. The maximum atomic E-state index is 12.9. The third-order valence-corrected chi connectivity index (χ3v) is 5.66. The fourth-order valence-corrected chi connectivity index (χ4v) is 3.72. The Morgan fingerprint density at radius 1 is 1.26 bits per heavy atom. The van der Waals surface area contributed by atoms with Gasteiger partial charge in [-0.05, 0) is 38.1 Å². The van der Waals surface area contributed by atoms with E-state index in [0.717, 1.165) is 12.1 Å². The summed E-state index contributed by atoms with van der Waals surface area (Å²) in [7, 11) is -4.26. The first kappa shape index (κ1) is 24.9. The van der Waals surface area contributed by atoms with Crippen molar-refractivity contribution in [1.29, 1.82) is 0 Å². The topological polar surface area (TPSA) is 97.4 Å². The van der Waals surface area contributed by atoms with E-state index in [0.29, 0.717) is 17.5 Å². The largest absolute Gasteiger partial charge is 0.475 e. The molecule has 0 aliphatic rings. The molecule has 0 spiro atoms. The van der Waals surface area contributed by atoms with Crippen LogP contribution in [0.15, 0.2) is 41.4 Å². The van der Waals surface area contributed by atoms with Crippen LogP contribution in [0.1, 0.15) is 31.4 Å². The second kappa shape index (κ2) is 10.3. The van der Waals surface area contributed by atoms with Gasteiger partial charge in [-0.15, -0.1) is 0 Å². The number of ether oxygens (including phenoxy) is 1. The molecule has 0 saturated carbocycles. The van der Waals surface area contributed by atoms with Crippen LogP contribution in [-0.4, -0.2) is 32.0 Å². The van der Waals surface area contributed by atoms with Gasteiger partial charge in [-0.1, -0.05) is 17.7 Å². The van der Waals surface area contributed by atoms with Crippen molar-refractivity contribution in [3.63, 3.8) is 0 Å². The van der Waals surface area contributed by atoms with Crippen LogP contribution in [0.5, 0.6) is 5.88 Å². The molecule has 1 aromatic heterocycles. The molecule has 0 radical (unpaired) electrons. The lowest BCUT2D eigenvalue weighted by Crippen LogP contribution is -2.31. The summed E-state index contributed by atoms with van der Waals surface area (Å²) in [5.74, 6) is -0.0872. The van der Waals surface area contributed by atoms with Gasteiger partial charge in [0.2, 0.25) is 21.8 Å². The quantitative estimate of drug-likeness (QED) is 0.573. The van der Waals surface area contributed by atoms with Crippen LogP contribution in [0.3, 0.4) is 0 Å². The summed E-state index contributed by atoms with van der Waals surface area (Å²) in [6.07, 6.45) is -3.57. The molecule has 170 valence electrons. The Morgan fingerprint density at radius 2 is 1.97 bits per heavy atom. The number of carbonyl (C=O) groups excluding carboxylic acids is 1. The van der Waals surface area contributed by atoms with Gasteiger partial charge in [0.1, 0.15) is 0 Å². The second-order valence-corrected chi connectivity index (χ2v) is 8.87. The zero-order valence-corrected chi connectivity index (χ0v) is 18.2. The van der Waals surface area contributed by atoms with Gasteiger partial charge < -0.3 is 10.1 Å². The number of nitrogens with one attached hydrogen (secondary N) is 2. The summed E-state index contributed by atoms with van der Waals surface area (Å²) in [5.41, 5.74) is -0.614. The minimum Gasteiger partial charge on any atom is -0.475 e. The molecule has 0 bridgehead atoms. The van der Waals surface area contributed by atoms with Crippen LogP contribution in [0.4, 0.5) is 13.2 Å². The van der Waals surface area contributed by atoms with Crippen LogP contribution in [0.25, 0.3) is 0 Å². The molecule has 2 aromatic rings. The molecular weight excluding hydrogens is 459 g/mol. The smallest absolute Gasteiger partial charge is 0.417 e. The van der Waals surface area contributed by atoms with E-state index in [1.165, 1.54) is 0 Å². The summed E-state index contributed by atoms with van der Waals surface area (Å²) < 4.78 is 71.0. The number of sulfonamides is 1. The fourth-order valence-electron chi connectivity index (χ4n) is 2.44. The predicted octanol–water partition coefficient (Wildman–Crippen LogP) is 3.53. The van der Waals surface area contributed by atoms with Crippen LogP contribution < -0.4 is 14.8 Å². The third kappa shape index (κ3) is 7.37. The molecule has 2 rings (SSSR count). The van der Waals surface area contributed by atoms with Crippen molar-refractivity contribution >= 4 is 27.5 Å². The van der Waals surface area contributed by atoms with Crippen LogP contribution in [0, 0.1) is 0 Å². The molecule has 0 aliphatic carbocycles. The van der Waals surface area contributed by atoms with Crippen molar-refractivity contribution in [1.82, 2.24) is 15.0 Å². The van der Waals surface area contributed by atoms with Gasteiger partial charge in [-0.25, -0.2) is 18.1 Å². The van der Waals surface area contributed by atoms with Crippen molar-refractivity contribution in [2.75, 3.05) is 6.54 Å². The normalized spacial score (nSPS) is 12.1. The molecule has 0 fully saturated rings. The second-order valence-electron chi connectivity index (χ2n) is 6.70. The number of hydrogen-bond donors (Lipinski definition) is 2. The highest BCUT2D eigenvalue weighted by Crippen LogP contribution is 2.35. The van der Waals surface area contributed by atoms with E-state index >= 15 is 0 Å². The Bertz CT molecular complexity index is 1030. The number of hydrogen-bond acceptors (Lipinski definition) is 5. The van der Waals surface area contributed by atoms with Gasteiger partial charge in [-0.2, -0.15) is 13.2 Å². The van der Waals surface area contributed by atoms with Gasteiger partial charge in [0.25, 0.3) is 0 Å². The van der Waals surface area contributed by atoms with E-state index in [9.17, 15) is 26.4 Å². The van der Waals surface area contributed by atoms with Crippen molar-refractivity contribution in [2.24, 2.45) is 0 Å². The number of carbonyl (C=O) groups is 1. The molecule has 1 amide bonds. The number of rotatable bonds is 9. The van der Waals surface area contributed by atoms with E-state index in [-0.39, 0.29) is 25.6 Å². The number of amides is 1. The summed E-state index contributed by atoms with van der Waals surface area (Å²) in [5, 5.41) is 2.01. The van der Waals surface area contributed by atoms with Gasteiger partial charge in [0.05, 0.1) is 21.6 Å². The highest BCUT2D eigenvalue weighted by molar-refractivity contribution is 7.89. The average molecular weight is 480 g/mol. The number of benzene rings is 1. The lowest BCUT2D eigenvalue weighted by atomic mass is 10.2. The number of aromatic nitrogens is 1. The van der Waals surface area contributed by atoms with E-state index < -0.39 is 37.6 Å². The molecule has 1 aromatic carbocycles. The summed E-state index contributed by atoms with van der Waals surface area (Å²) in [6.45, 7) is 3.48. The van der Waals surface area contributed by atoms with E-state index in [4.69, 9.17) is 16.3 Å². The Kier molecular flexibility index (Phi) is 8.27. The van der Waals surface area contributed by atoms with Crippen LogP contribution in [-0.2, 0) is 27.5 Å². The first-order valence-electron chi connectivity index (χ1n) is 9.14. The number of nitrogens with zero attached hydrogens (tertiary/aromatic N) is 1. The number of halogens is 4. The zero-order valence-electron chi connectivity index (χ0n) is 16.7. The van der Waals surface area contributed by atoms with Crippen molar-refractivity contribution < 1.29 is 31.1 Å². The number of pyridine rings is 1. The highest BCUT2D eigenvalue weighted by Gasteiger charge is 2.34. The van der Waals surface area contributed by atoms with Crippen LogP contribution in [0.2, 0.25) is 5.02 Å². The molecule has 0 aliphatic heterocycles. The minimum absolute atomic E-state index is 0.107. The highest BCUT2D eigenvalue weighted by atomic mass is 35.5. The van der Waals surface area contributed by atoms with Gasteiger partial charge in [-0.3, -0.25) is 4.79 Å². The molecule has 1 heterocycles. The molecule has 0 atom stereocenters. The van der Waals surface area contributed by atoms with E-state index in [2.05, 4.69) is 15.0 Å². The fraction of sp³-hybridized carbons (Fsp3) is 0.368. The molecule has 0 saturated heterocycles. The Hall–Kier alpha value is -2.37. The molecule has 2 N–H and O–H groups in total. The van der Waals surface area contributed by atoms with Crippen LogP contribution >= 0.6 is 11.6 Å². The minimum atomic E-state index is -4.80. The van der Waals surface area contributed by atoms with Crippen molar-refractivity contribution in [3.8, 4) is 5.88 Å². The molecule has 7 nitrogen and oxygen atoms in total. The zero-order chi connectivity index (χ0) is 23.2. The van der Waals surface area contributed by atoms with E-state index in [1.54, 1.807) is 18.3 Å².